The predicted octanol–water partition coefficient (Wildman–Crippen LogP) is 1.42. The van der Waals surface area contributed by atoms with Crippen LogP contribution in [0.4, 0.5) is 0 Å². The molecule has 0 aliphatic carbocycles. The Labute approximate surface area is 161 Å². The smallest absolute Gasteiger partial charge is 0.257 e. The first kappa shape index (κ1) is 17.9. The normalized spacial score (nSPS) is 16.7. The molecule has 144 valence electrons. The Morgan fingerprint density at radius 2 is 2.21 bits per heavy atom. The Bertz CT molecular complexity index is 921. The molecule has 1 saturated heterocycles. The molecule has 9 heteroatoms. The van der Waals surface area contributed by atoms with E-state index in [9.17, 15) is 9.59 Å². The average molecular weight is 380 g/mol. The molecule has 4 rings (SSSR count). The number of piperidine rings is 1. The highest BCUT2D eigenvalue weighted by atomic mass is 16.3. The lowest BCUT2D eigenvalue weighted by Crippen LogP contribution is -2.45. The molecule has 3 aromatic rings. The fourth-order valence-corrected chi connectivity index (χ4v) is 3.26. The maximum absolute atomic E-state index is 12.6. The van der Waals surface area contributed by atoms with E-state index < -0.39 is 0 Å². The monoisotopic (exact) mass is 380 g/mol. The average Bonchev–Trinajstić information content (AvgIpc) is 3.46. The molecule has 3 aromatic heterocycles. The van der Waals surface area contributed by atoms with Gasteiger partial charge >= 0.3 is 0 Å². The van der Waals surface area contributed by atoms with Crippen LogP contribution in [0.5, 0.6) is 0 Å². The minimum Gasteiger partial charge on any atom is -0.472 e. The molecule has 1 fully saturated rings. The van der Waals surface area contributed by atoms with Crippen molar-refractivity contribution in [2.75, 3.05) is 13.1 Å². The van der Waals surface area contributed by atoms with Crippen LogP contribution in [0.1, 0.15) is 28.8 Å². The first-order chi connectivity index (χ1) is 13.7. The molecular weight excluding hydrogens is 360 g/mol. The lowest BCUT2D eigenvalue weighted by Gasteiger charge is -2.31. The highest BCUT2D eigenvalue weighted by Crippen LogP contribution is 2.19. The van der Waals surface area contributed by atoms with Crippen LogP contribution in [0.15, 0.2) is 54.0 Å². The van der Waals surface area contributed by atoms with Crippen molar-refractivity contribution < 1.29 is 14.0 Å². The summed E-state index contributed by atoms with van der Waals surface area (Å²) in [7, 11) is 0. The van der Waals surface area contributed by atoms with Gasteiger partial charge in [-0.2, -0.15) is 5.10 Å². The third-order valence-electron chi connectivity index (χ3n) is 4.78. The van der Waals surface area contributed by atoms with E-state index in [0.29, 0.717) is 31.0 Å². The molecule has 0 spiro atoms. The van der Waals surface area contributed by atoms with Crippen LogP contribution in [0, 0.1) is 5.92 Å². The molecule has 1 aliphatic heterocycles. The van der Waals surface area contributed by atoms with Crippen LogP contribution in [-0.2, 0) is 11.3 Å². The minimum atomic E-state index is -0.216. The zero-order valence-electron chi connectivity index (χ0n) is 15.2. The number of likely N-dealkylation sites (tertiary alicyclic amines) is 1. The summed E-state index contributed by atoms with van der Waals surface area (Å²) in [6.45, 7) is 1.45. The second-order valence-corrected chi connectivity index (χ2v) is 6.68. The molecular formula is C19H20N6O3. The number of carbonyl (C=O) groups is 2. The summed E-state index contributed by atoms with van der Waals surface area (Å²) < 4.78 is 6.54. The van der Waals surface area contributed by atoms with Gasteiger partial charge in [0, 0.05) is 25.8 Å². The first-order valence-corrected chi connectivity index (χ1v) is 9.10. The summed E-state index contributed by atoms with van der Waals surface area (Å²) in [5.74, 6) is 0.296. The molecule has 1 N–H and O–H groups in total. The summed E-state index contributed by atoms with van der Waals surface area (Å²) in [5.41, 5.74) is 1.40. The number of nitrogens with one attached hydrogen (secondary N) is 1. The van der Waals surface area contributed by atoms with Crippen molar-refractivity contribution in [3.05, 3.63) is 60.7 Å². The second-order valence-electron chi connectivity index (χ2n) is 6.68. The zero-order valence-corrected chi connectivity index (χ0v) is 15.2. The van der Waals surface area contributed by atoms with Crippen molar-refractivity contribution in [1.82, 2.24) is 30.0 Å². The van der Waals surface area contributed by atoms with Crippen LogP contribution >= 0.6 is 0 Å². The Morgan fingerprint density at radius 1 is 1.29 bits per heavy atom. The van der Waals surface area contributed by atoms with Gasteiger partial charge in [-0.05, 0) is 30.5 Å². The van der Waals surface area contributed by atoms with Crippen molar-refractivity contribution >= 4 is 11.8 Å². The topological polar surface area (TPSA) is 106 Å². The summed E-state index contributed by atoms with van der Waals surface area (Å²) in [5, 5.41) is 6.97. The molecule has 2 amide bonds. The minimum absolute atomic E-state index is 0.0509. The fourth-order valence-electron chi connectivity index (χ4n) is 3.26. The number of rotatable bonds is 5. The molecule has 28 heavy (non-hydrogen) atoms. The van der Waals surface area contributed by atoms with Gasteiger partial charge in [-0.25, -0.2) is 14.6 Å². The number of pyridine rings is 1. The second kappa shape index (κ2) is 8.03. The SMILES string of the molecule is O=C(NCc1ccc(-n2cncn2)nc1)[C@H]1CCCN(C(=O)c2ccoc2)C1. The highest BCUT2D eigenvalue weighted by molar-refractivity contribution is 5.94. The van der Waals surface area contributed by atoms with Crippen molar-refractivity contribution in [2.24, 2.45) is 5.92 Å². The van der Waals surface area contributed by atoms with Gasteiger partial charge in [-0.1, -0.05) is 6.07 Å². The van der Waals surface area contributed by atoms with E-state index in [2.05, 4.69) is 20.4 Å². The first-order valence-electron chi connectivity index (χ1n) is 9.10. The predicted molar refractivity (Wildman–Crippen MR) is 98.3 cm³/mol. The highest BCUT2D eigenvalue weighted by Gasteiger charge is 2.29. The standard InChI is InChI=1S/C19H20N6O3/c26-18(15-2-1-6-24(10-15)19(27)16-5-7-28-11-16)22-9-14-3-4-17(21-8-14)25-13-20-12-23-25/h3-5,7-8,11-13,15H,1-2,6,9-10H2,(H,22,26)/t15-/m0/s1. The van der Waals surface area contributed by atoms with E-state index in [0.717, 1.165) is 18.4 Å². The third kappa shape index (κ3) is 3.93. The summed E-state index contributed by atoms with van der Waals surface area (Å²) in [6.07, 6.45) is 9.20. The van der Waals surface area contributed by atoms with Gasteiger partial charge in [-0.3, -0.25) is 9.59 Å². The van der Waals surface area contributed by atoms with Gasteiger partial charge in [0.05, 0.1) is 17.7 Å². The number of hydrogen-bond donors (Lipinski definition) is 1. The maximum atomic E-state index is 12.6. The van der Waals surface area contributed by atoms with E-state index >= 15 is 0 Å². The third-order valence-corrected chi connectivity index (χ3v) is 4.78. The molecule has 0 saturated carbocycles. The fraction of sp³-hybridized carbons (Fsp3) is 0.316. The summed E-state index contributed by atoms with van der Waals surface area (Å²) in [4.78, 5) is 34.9. The Balaban J connectivity index is 1.31. The quantitative estimate of drug-likeness (QED) is 0.718. The van der Waals surface area contributed by atoms with Crippen molar-refractivity contribution in [3.8, 4) is 5.82 Å². The molecule has 0 unspecified atom stereocenters. The molecule has 0 bridgehead atoms. The Kier molecular flexibility index (Phi) is 5.14. The Morgan fingerprint density at radius 3 is 2.93 bits per heavy atom. The maximum Gasteiger partial charge on any atom is 0.257 e. The van der Waals surface area contributed by atoms with E-state index in [1.807, 2.05) is 12.1 Å². The van der Waals surface area contributed by atoms with E-state index in [4.69, 9.17) is 4.42 Å². The summed E-state index contributed by atoms with van der Waals surface area (Å²) in [6, 6.07) is 5.35. The molecule has 4 heterocycles. The molecule has 1 atom stereocenters. The van der Waals surface area contributed by atoms with Crippen molar-refractivity contribution in [1.29, 1.82) is 0 Å². The molecule has 0 aromatic carbocycles. The number of aromatic nitrogens is 4. The van der Waals surface area contributed by atoms with Gasteiger partial charge in [0.1, 0.15) is 18.9 Å². The van der Waals surface area contributed by atoms with E-state index in [1.165, 1.54) is 18.9 Å². The number of nitrogens with zero attached hydrogens (tertiary/aromatic N) is 5. The Hall–Kier alpha value is -3.49. The van der Waals surface area contributed by atoms with Gasteiger partial charge in [0.25, 0.3) is 5.91 Å². The molecule has 0 radical (unpaired) electrons. The lowest BCUT2D eigenvalue weighted by molar-refractivity contribution is -0.126. The zero-order chi connectivity index (χ0) is 19.3. The molecule has 1 aliphatic rings. The number of hydrogen-bond acceptors (Lipinski definition) is 6. The lowest BCUT2D eigenvalue weighted by atomic mass is 9.96. The van der Waals surface area contributed by atoms with Crippen molar-refractivity contribution in [2.45, 2.75) is 19.4 Å². The van der Waals surface area contributed by atoms with E-state index in [-0.39, 0.29) is 17.7 Å². The van der Waals surface area contributed by atoms with Gasteiger partial charge in [0.15, 0.2) is 5.82 Å². The molecule has 9 nitrogen and oxygen atoms in total. The van der Waals surface area contributed by atoms with Crippen LogP contribution in [-0.4, -0.2) is 49.6 Å². The van der Waals surface area contributed by atoms with Crippen LogP contribution in [0.2, 0.25) is 0 Å². The number of amides is 2. The van der Waals surface area contributed by atoms with Crippen LogP contribution < -0.4 is 5.32 Å². The van der Waals surface area contributed by atoms with Gasteiger partial charge in [0.2, 0.25) is 5.91 Å². The van der Waals surface area contributed by atoms with Gasteiger partial charge < -0.3 is 14.6 Å². The largest absolute Gasteiger partial charge is 0.472 e. The number of carbonyl (C=O) groups excluding carboxylic acids is 2. The van der Waals surface area contributed by atoms with Crippen LogP contribution in [0.3, 0.4) is 0 Å². The number of furan rings is 1. The van der Waals surface area contributed by atoms with Crippen LogP contribution in [0.25, 0.3) is 5.82 Å². The van der Waals surface area contributed by atoms with Crippen molar-refractivity contribution in [3.63, 3.8) is 0 Å². The van der Waals surface area contributed by atoms with Gasteiger partial charge in [-0.15, -0.1) is 0 Å². The van der Waals surface area contributed by atoms with E-state index in [1.54, 1.807) is 28.2 Å². The summed E-state index contributed by atoms with van der Waals surface area (Å²) >= 11 is 0.